The van der Waals surface area contributed by atoms with E-state index in [-0.39, 0.29) is 23.0 Å². The summed E-state index contributed by atoms with van der Waals surface area (Å²) in [5, 5.41) is 2.49. The van der Waals surface area contributed by atoms with Gasteiger partial charge in [0.05, 0.1) is 11.4 Å². The van der Waals surface area contributed by atoms with Crippen LogP contribution in [0, 0.1) is 12.7 Å². The van der Waals surface area contributed by atoms with Crippen LogP contribution in [0.1, 0.15) is 25.0 Å². The second-order valence-corrected chi connectivity index (χ2v) is 10.1. The number of likely N-dealkylation sites (tertiary alicyclic amines) is 1. The van der Waals surface area contributed by atoms with Gasteiger partial charge in [0.2, 0.25) is 5.91 Å². The van der Waals surface area contributed by atoms with Crippen molar-refractivity contribution < 1.29 is 17.6 Å². The van der Waals surface area contributed by atoms with Crippen molar-refractivity contribution >= 4 is 33.0 Å². The van der Waals surface area contributed by atoms with Crippen LogP contribution in [0.4, 0.5) is 10.1 Å². The normalized spacial score (nSPS) is 14.6. The first-order valence-corrected chi connectivity index (χ1v) is 12.4. The summed E-state index contributed by atoms with van der Waals surface area (Å²) in [6, 6.07) is 7.05. The number of nitrogens with zero attached hydrogens (tertiary/aromatic N) is 3. The molecule has 0 saturated carbocycles. The Balaban J connectivity index is 1.67. The minimum Gasteiger partial charge on any atom is -0.341 e. The molecule has 7 nitrogen and oxygen atoms in total. The van der Waals surface area contributed by atoms with Crippen LogP contribution in [0.15, 0.2) is 46.8 Å². The zero-order chi connectivity index (χ0) is 22.0. The molecule has 0 atom stereocenters. The van der Waals surface area contributed by atoms with Crippen LogP contribution in [0.2, 0.25) is 0 Å². The van der Waals surface area contributed by atoms with E-state index in [0.717, 1.165) is 25.0 Å². The van der Waals surface area contributed by atoms with Gasteiger partial charge >= 0.3 is 0 Å². The molecule has 1 saturated heterocycles. The van der Waals surface area contributed by atoms with Crippen LogP contribution in [0.25, 0.3) is 10.7 Å². The van der Waals surface area contributed by atoms with Crippen LogP contribution in [0.5, 0.6) is 0 Å². The topological polar surface area (TPSA) is 84.3 Å². The fourth-order valence-electron chi connectivity index (χ4n) is 3.55. The van der Waals surface area contributed by atoms with Crippen LogP contribution < -0.4 is 4.72 Å². The highest BCUT2D eigenvalue weighted by molar-refractivity contribution is 7.92. The van der Waals surface area contributed by atoms with E-state index in [1.807, 2.05) is 17.2 Å². The van der Waals surface area contributed by atoms with Gasteiger partial charge in [-0.05, 0) is 44.4 Å². The molecule has 4 rings (SSSR count). The van der Waals surface area contributed by atoms with E-state index in [1.54, 1.807) is 10.6 Å². The Kier molecular flexibility index (Phi) is 6.10. The SMILES string of the molecule is Cc1csc(-c2cc(S(=O)(=O)Nc3ccccc3F)cn2CC(=O)N2CCCCC2)n1. The van der Waals surface area contributed by atoms with Crippen molar-refractivity contribution in [1.82, 2.24) is 14.5 Å². The predicted molar refractivity (Wildman–Crippen MR) is 118 cm³/mol. The van der Waals surface area contributed by atoms with Crippen molar-refractivity contribution in [2.45, 2.75) is 37.6 Å². The number of thiazole rings is 1. The van der Waals surface area contributed by atoms with Crippen molar-refractivity contribution in [3.8, 4) is 10.7 Å². The fraction of sp³-hybridized carbons (Fsp3) is 0.333. The Morgan fingerprint density at radius 2 is 1.97 bits per heavy atom. The van der Waals surface area contributed by atoms with Gasteiger partial charge in [-0.25, -0.2) is 17.8 Å². The number of carbonyl (C=O) groups excluding carboxylic acids is 1. The molecule has 0 spiro atoms. The van der Waals surface area contributed by atoms with Gasteiger partial charge < -0.3 is 9.47 Å². The first-order valence-electron chi connectivity index (χ1n) is 10.0. The molecule has 1 fully saturated rings. The summed E-state index contributed by atoms with van der Waals surface area (Å²) < 4.78 is 43.8. The van der Waals surface area contributed by atoms with E-state index >= 15 is 0 Å². The number of rotatable bonds is 6. The largest absolute Gasteiger partial charge is 0.341 e. The van der Waals surface area contributed by atoms with Gasteiger partial charge in [0, 0.05) is 30.4 Å². The molecule has 3 aromatic rings. The third-order valence-corrected chi connectivity index (χ3v) is 7.47. The van der Waals surface area contributed by atoms with E-state index in [2.05, 4.69) is 9.71 Å². The van der Waals surface area contributed by atoms with Crippen molar-refractivity contribution in [3.63, 3.8) is 0 Å². The third-order valence-electron chi connectivity index (χ3n) is 5.15. The number of hydrogen-bond donors (Lipinski definition) is 1. The average Bonchev–Trinajstić information content (AvgIpc) is 3.37. The minimum absolute atomic E-state index is 0.0170. The number of carbonyl (C=O) groups is 1. The van der Waals surface area contributed by atoms with Gasteiger partial charge in [0.1, 0.15) is 22.3 Å². The molecule has 1 aliphatic heterocycles. The lowest BCUT2D eigenvalue weighted by Gasteiger charge is -2.27. The molecule has 0 aliphatic carbocycles. The lowest BCUT2D eigenvalue weighted by Crippen LogP contribution is -2.37. The lowest BCUT2D eigenvalue weighted by molar-refractivity contribution is -0.132. The second kappa shape index (κ2) is 8.80. The van der Waals surface area contributed by atoms with Crippen LogP contribution in [-0.2, 0) is 21.4 Å². The van der Waals surface area contributed by atoms with Gasteiger partial charge in [-0.2, -0.15) is 0 Å². The van der Waals surface area contributed by atoms with Gasteiger partial charge in [-0.15, -0.1) is 11.3 Å². The standard InChI is InChI=1S/C21H23FN4O3S2/c1-15-14-30-21(23-15)19-11-16(31(28,29)24-18-8-4-3-7-17(18)22)12-26(19)13-20(27)25-9-5-2-6-10-25/h3-4,7-8,11-12,14,24H,2,5-6,9-10,13H2,1H3. The maximum absolute atomic E-state index is 14.0. The average molecular weight is 463 g/mol. The molecule has 164 valence electrons. The number of amides is 1. The van der Waals surface area contributed by atoms with E-state index in [4.69, 9.17) is 0 Å². The highest BCUT2D eigenvalue weighted by Crippen LogP contribution is 2.29. The Morgan fingerprint density at radius 1 is 1.23 bits per heavy atom. The summed E-state index contributed by atoms with van der Waals surface area (Å²) in [4.78, 5) is 19.0. The number of sulfonamides is 1. The maximum atomic E-state index is 14.0. The van der Waals surface area contributed by atoms with Gasteiger partial charge in [0.15, 0.2) is 0 Å². The van der Waals surface area contributed by atoms with Crippen molar-refractivity contribution in [2.75, 3.05) is 17.8 Å². The highest BCUT2D eigenvalue weighted by Gasteiger charge is 2.24. The molecule has 1 amide bonds. The molecule has 2 aromatic heterocycles. The summed E-state index contributed by atoms with van der Waals surface area (Å²) in [6.45, 7) is 3.30. The van der Waals surface area contributed by atoms with Crippen LogP contribution >= 0.6 is 11.3 Å². The highest BCUT2D eigenvalue weighted by atomic mass is 32.2. The van der Waals surface area contributed by atoms with Crippen molar-refractivity contribution in [3.05, 3.63) is 53.4 Å². The van der Waals surface area contributed by atoms with Gasteiger partial charge in [-0.1, -0.05) is 12.1 Å². The molecule has 0 radical (unpaired) electrons. The number of aryl methyl sites for hydroxylation is 1. The minimum atomic E-state index is -4.06. The summed E-state index contributed by atoms with van der Waals surface area (Å²) in [6.07, 6.45) is 4.47. The van der Waals surface area contributed by atoms with E-state index in [0.29, 0.717) is 23.8 Å². The van der Waals surface area contributed by atoms with E-state index in [1.165, 1.54) is 41.8 Å². The molecule has 31 heavy (non-hydrogen) atoms. The Labute approximate surface area is 184 Å². The van der Waals surface area contributed by atoms with Gasteiger partial charge in [0.25, 0.3) is 10.0 Å². The number of benzene rings is 1. The number of para-hydroxylation sites is 1. The first-order chi connectivity index (χ1) is 14.8. The number of piperidine rings is 1. The molecular formula is C21H23FN4O3S2. The summed E-state index contributed by atoms with van der Waals surface area (Å²) in [7, 11) is -4.06. The van der Waals surface area contributed by atoms with E-state index < -0.39 is 15.8 Å². The summed E-state index contributed by atoms with van der Waals surface area (Å²) in [5.41, 5.74) is 1.22. The number of hydrogen-bond acceptors (Lipinski definition) is 5. The number of halogens is 1. The number of nitrogens with one attached hydrogen (secondary N) is 1. The first kappa shape index (κ1) is 21.5. The molecular weight excluding hydrogens is 439 g/mol. The molecule has 10 heteroatoms. The smallest absolute Gasteiger partial charge is 0.263 e. The quantitative estimate of drug-likeness (QED) is 0.603. The van der Waals surface area contributed by atoms with Gasteiger partial charge in [-0.3, -0.25) is 9.52 Å². The van der Waals surface area contributed by atoms with Crippen molar-refractivity contribution in [2.24, 2.45) is 0 Å². The monoisotopic (exact) mass is 462 g/mol. The predicted octanol–water partition coefficient (Wildman–Crippen LogP) is 3.87. The molecule has 0 bridgehead atoms. The van der Waals surface area contributed by atoms with Crippen LogP contribution in [-0.4, -0.2) is 41.9 Å². The molecule has 1 aliphatic rings. The zero-order valence-electron chi connectivity index (χ0n) is 17.0. The molecule has 1 N–H and O–H groups in total. The molecule has 1 aromatic carbocycles. The zero-order valence-corrected chi connectivity index (χ0v) is 18.7. The fourth-order valence-corrected chi connectivity index (χ4v) is 5.48. The maximum Gasteiger partial charge on any atom is 0.263 e. The lowest BCUT2D eigenvalue weighted by atomic mass is 10.1. The van der Waals surface area contributed by atoms with Crippen molar-refractivity contribution in [1.29, 1.82) is 0 Å². The Hall–Kier alpha value is -2.72. The summed E-state index contributed by atoms with van der Waals surface area (Å²) in [5.74, 6) is -0.725. The van der Waals surface area contributed by atoms with E-state index in [9.17, 15) is 17.6 Å². The number of aromatic nitrogens is 2. The number of anilines is 1. The Morgan fingerprint density at radius 3 is 2.65 bits per heavy atom. The Bertz CT molecular complexity index is 1200. The molecule has 0 unspecified atom stereocenters. The second-order valence-electron chi connectivity index (χ2n) is 7.51. The third kappa shape index (κ3) is 4.80. The molecule has 3 heterocycles. The van der Waals surface area contributed by atoms with Crippen LogP contribution in [0.3, 0.4) is 0 Å². The summed E-state index contributed by atoms with van der Waals surface area (Å²) >= 11 is 1.38.